The lowest BCUT2D eigenvalue weighted by Gasteiger charge is -2.19. The lowest BCUT2D eigenvalue weighted by molar-refractivity contribution is 0.316. The SMILES string of the molecule is CCCc1cc(NCCN(CC)CC)n2c(nc3ccccc32)c1C#N. The molecule has 3 aromatic rings. The summed E-state index contributed by atoms with van der Waals surface area (Å²) in [7, 11) is 0. The molecule has 0 saturated heterocycles. The molecule has 0 atom stereocenters. The molecule has 0 amide bonds. The van der Waals surface area contributed by atoms with Gasteiger partial charge in [-0.1, -0.05) is 39.3 Å². The van der Waals surface area contributed by atoms with Crippen molar-refractivity contribution >= 4 is 22.5 Å². The van der Waals surface area contributed by atoms with Crippen LogP contribution in [0.4, 0.5) is 5.82 Å². The van der Waals surface area contributed by atoms with E-state index in [0.29, 0.717) is 5.56 Å². The molecule has 0 fully saturated rings. The molecule has 26 heavy (non-hydrogen) atoms. The van der Waals surface area contributed by atoms with Crippen molar-refractivity contribution in [1.82, 2.24) is 14.3 Å². The van der Waals surface area contributed by atoms with E-state index in [-0.39, 0.29) is 0 Å². The first-order valence-corrected chi connectivity index (χ1v) is 9.52. The van der Waals surface area contributed by atoms with Crippen LogP contribution in [0.15, 0.2) is 30.3 Å². The fourth-order valence-electron chi connectivity index (χ4n) is 3.48. The smallest absolute Gasteiger partial charge is 0.157 e. The van der Waals surface area contributed by atoms with Gasteiger partial charge in [-0.05, 0) is 43.3 Å². The van der Waals surface area contributed by atoms with E-state index in [4.69, 9.17) is 4.98 Å². The predicted octanol–water partition coefficient (Wildman–Crippen LogP) is 4.07. The van der Waals surface area contributed by atoms with E-state index in [9.17, 15) is 5.26 Å². The number of anilines is 1. The van der Waals surface area contributed by atoms with Gasteiger partial charge in [0.15, 0.2) is 5.65 Å². The number of hydrogen-bond acceptors (Lipinski definition) is 4. The summed E-state index contributed by atoms with van der Waals surface area (Å²) < 4.78 is 2.09. The molecular formula is C21H27N5. The number of nitriles is 1. The largest absolute Gasteiger partial charge is 0.370 e. The van der Waals surface area contributed by atoms with Gasteiger partial charge in [0, 0.05) is 13.1 Å². The van der Waals surface area contributed by atoms with Crippen LogP contribution in [-0.2, 0) is 6.42 Å². The van der Waals surface area contributed by atoms with Gasteiger partial charge >= 0.3 is 0 Å². The summed E-state index contributed by atoms with van der Waals surface area (Å²) >= 11 is 0. The van der Waals surface area contributed by atoms with Gasteiger partial charge in [0.2, 0.25) is 0 Å². The van der Waals surface area contributed by atoms with E-state index in [1.165, 1.54) is 0 Å². The van der Waals surface area contributed by atoms with E-state index in [2.05, 4.69) is 53.6 Å². The number of benzene rings is 1. The Morgan fingerprint density at radius 3 is 2.65 bits per heavy atom. The molecule has 5 heteroatoms. The average molecular weight is 349 g/mol. The molecule has 0 spiro atoms. The molecule has 1 aromatic carbocycles. The second-order valence-corrected chi connectivity index (χ2v) is 6.50. The average Bonchev–Trinajstić information content (AvgIpc) is 3.05. The summed E-state index contributed by atoms with van der Waals surface area (Å²) in [6.45, 7) is 10.5. The first-order chi connectivity index (χ1) is 12.7. The second-order valence-electron chi connectivity index (χ2n) is 6.50. The Morgan fingerprint density at radius 2 is 1.96 bits per heavy atom. The maximum absolute atomic E-state index is 9.74. The molecule has 136 valence electrons. The highest BCUT2D eigenvalue weighted by molar-refractivity contribution is 5.85. The number of hydrogen-bond donors (Lipinski definition) is 1. The third-order valence-corrected chi connectivity index (χ3v) is 4.92. The molecular weight excluding hydrogens is 322 g/mol. The topological polar surface area (TPSA) is 56.4 Å². The van der Waals surface area contributed by atoms with Crippen molar-refractivity contribution in [1.29, 1.82) is 5.26 Å². The first-order valence-electron chi connectivity index (χ1n) is 9.52. The predicted molar refractivity (Wildman–Crippen MR) is 108 cm³/mol. The van der Waals surface area contributed by atoms with Crippen LogP contribution in [0.5, 0.6) is 0 Å². The van der Waals surface area contributed by atoms with E-state index in [0.717, 1.165) is 67.1 Å². The van der Waals surface area contributed by atoms with Gasteiger partial charge in [0.25, 0.3) is 0 Å². The molecule has 0 bridgehead atoms. The zero-order valence-electron chi connectivity index (χ0n) is 15.9. The number of nitrogens with one attached hydrogen (secondary N) is 1. The Kier molecular flexibility index (Phi) is 5.75. The first kappa shape index (κ1) is 18.2. The number of nitrogens with zero attached hydrogens (tertiary/aromatic N) is 4. The number of rotatable bonds is 8. The Hall–Kier alpha value is -2.58. The number of imidazole rings is 1. The number of aryl methyl sites for hydroxylation is 1. The molecule has 0 unspecified atom stereocenters. The molecule has 0 radical (unpaired) electrons. The van der Waals surface area contributed by atoms with Crippen LogP contribution in [0, 0.1) is 11.3 Å². The minimum absolute atomic E-state index is 0.692. The van der Waals surface area contributed by atoms with Gasteiger partial charge in [-0.25, -0.2) is 4.98 Å². The Morgan fingerprint density at radius 1 is 1.19 bits per heavy atom. The third-order valence-electron chi connectivity index (χ3n) is 4.92. The van der Waals surface area contributed by atoms with Gasteiger partial charge in [0.05, 0.1) is 16.6 Å². The number of para-hydroxylation sites is 2. The molecule has 1 N–H and O–H groups in total. The molecule has 2 heterocycles. The van der Waals surface area contributed by atoms with Crippen molar-refractivity contribution in [3.8, 4) is 6.07 Å². The maximum atomic E-state index is 9.74. The van der Waals surface area contributed by atoms with Crippen LogP contribution in [0.2, 0.25) is 0 Å². The number of aromatic nitrogens is 2. The maximum Gasteiger partial charge on any atom is 0.157 e. The molecule has 0 aliphatic carbocycles. The fourth-order valence-corrected chi connectivity index (χ4v) is 3.48. The van der Waals surface area contributed by atoms with Gasteiger partial charge in [-0.3, -0.25) is 4.40 Å². The minimum atomic E-state index is 0.692. The Bertz CT molecular complexity index is 931. The Balaban J connectivity index is 2.09. The molecule has 0 saturated carbocycles. The molecule has 0 aliphatic heterocycles. The summed E-state index contributed by atoms with van der Waals surface area (Å²) in [6, 6.07) is 12.6. The number of pyridine rings is 1. The molecule has 0 aliphatic rings. The van der Waals surface area contributed by atoms with Crippen molar-refractivity contribution in [3.05, 3.63) is 41.5 Å². The van der Waals surface area contributed by atoms with Crippen molar-refractivity contribution in [2.75, 3.05) is 31.5 Å². The van der Waals surface area contributed by atoms with E-state index in [1.807, 2.05) is 18.2 Å². The van der Waals surface area contributed by atoms with Crippen molar-refractivity contribution < 1.29 is 0 Å². The van der Waals surface area contributed by atoms with E-state index < -0.39 is 0 Å². The van der Waals surface area contributed by atoms with Crippen molar-refractivity contribution in [2.24, 2.45) is 0 Å². The van der Waals surface area contributed by atoms with Gasteiger partial charge in [0.1, 0.15) is 11.9 Å². The van der Waals surface area contributed by atoms with Crippen molar-refractivity contribution in [2.45, 2.75) is 33.6 Å². The van der Waals surface area contributed by atoms with Crippen LogP contribution in [0.3, 0.4) is 0 Å². The highest BCUT2D eigenvalue weighted by atomic mass is 15.2. The van der Waals surface area contributed by atoms with E-state index in [1.54, 1.807) is 0 Å². The standard InChI is InChI=1S/C21H27N5/c1-4-9-16-14-20(23-12-13-25(5-2)6-3)26-19-11-8-7-10-18(19)24-21(26)17(16)15-22/h7-8,10-11,14,23H,4-6,9,12-13H2,1-3H3. The summed E-state index contributed by atoms with van der Waals surface area (Å²) in [5, 5.41) is 13.3. The monoisotopic (exact) mass is 349 g/mol. The number of fused-ring (bicyclic) bond motifs is 3. The van der Waals surface area contributed by atoms with Crippen molar-refractivity contribution in [3.63, 3.8) is 0 Å². The normalized spacial score (nSPS) is 11.3. The zero-order valence-corrected chi connectivity index (χ0v) is 15.9. The quantitative estimate of drug-likeness (QED) is 0.666. The van der Waals surface area contributed by atoms with Crippen LogP contribution in [0.25, 0.3) is 16.7 Å². The summed E-state index contributed by atoms with van der Waals surface area (Å²) in [5.41, 5.74) is 4.47. The van der Waals surface area contributed by atoms with Crippen LogP contribution >= 0.6 is 0 Å². The van der Waals surface area contributed by atoms with Crippen LogP contribution in [0.1, 0.15) is 38.3 Å². The van der Waals surface area contributed by atoms with E-state index >= 15 is 0 Å². The van der Waals surface area contributed by atoms with Gasteiger partial charge in [-0.15, -0.1) is 0 Å². The molecule has 3 rings (SSSR count). The van der Waals surface area contributed by atoms with Gasteiger partial charge in [-0.2, -0.15) is 5.26 Å². The summed E-state index contributed by atoms with van der Waals surface area (Å²) in [5.74, 6) is 1.02. The zero-order chi connectivity index (χ0) is 18.5. The summed E-state index contributed by atoms with van der Waals surface area (Å²) in [6.07, 6.45) is 1.89. The summed E-state index contributed by atoms with van der Waals surface area (Å²) in [4.78, 5) is 7.15. The van der Waals surface area contributed by atoms with Crippen LogP contribution in [-0.4, -0.2) is 40.5 Å². The highest BCUT2D eigenvalue weighted by Crippen LogP contribution is 2.27. The van der Waals surface area contributed by atoms with Gasteiger partial charge < -0.3 is 10.2 Å². The lowest BCUT2D eigenvalue weighted by atomic mass is 10.1. The second kappa shape index (κ2) is 8.20. The number of likely N-dealkylation sites (N-methyl/N-ethyl adjacent to an activating group) is 1. The lowest BCUT2D eigenvalue weighted by Crippen LogP contribution is -2.29. The molecule has 5 nitrogen and oxygen atoms in total. The fraction of sp³-hybridized carbons (Fsp3) is 0.429. The minimum Gasteiger partial charge on any atom is -0.370 e. The highest BCUT2D eigenvalue weighted by Gasteiger charge is 2.16. The molecule has 2 aromatic heterocycles. The Labute approximate surface area is 155 Å². The van der Waals surface area contributed by atoms with Crippen LogP contribution < -0.4 is 5.32 Å². The third kappa shape index (κ3) is 3.38.